The highest BCUT2D eigenvalue weighted by atomic mass is 19.2. The molecule has 0 N–H and O–H groups in total. The van der Waals surface area contributed by atoms with Gasteiger partial charge in [0.1, 0.15) is 0 Å². The maximum Gasteiger partial charge on any atom is 0.194 e. The van der Waals surface area contributed by atoms with Crippen molar-refractivity contribution in [2.24, 2.45) is 29.6 Å². The van der Waals surface area contributed by atoms with Gasteiger partial charge in [0.15, 0.2) is 17.5 Å². The first-order valence-corrected chi connectivity index (χ1v) is 12.2. The highest BCUT2D eigenvalue weighted by Crippen LogP contribution is 2.51. The van der Waals surface area contributed by atoms with Gasteiger partial charge in [0.25, 0.3) is 0 Å². The number of benzene rings is 1. The van der Waals surface area contributed by atoms with Gasteiger partial charge in [0.2, 0.25) is 0 Å². The molecule has 3 aliphatic carbocycles. The van der Waals surface area contributed by atoms with Gasteiger partial charge in [-0.15, -0.1) is 0 Å². The number of rotatable bonds is 5. The van der Waals surface area contributed by atoms with Gasteiger partial charge in [0.05, 0.1) is 0 Å². The van der Waals surface area contributed by atoms with Crippen LogP contribution in [0.2, 0.25) is 0 Å². The average Bonchev–Trinajstić information content (AvgIpc) is 2.75. The van der Waals surface area contributed by atoms with Gasteiger partial charge in [-0.3, -0.25) is 0 Å². The summed E-state index contributed by atoms with van der Waals surface area (Å²) in [6.45, 7) is 2.29. The second-order valence-corrected chi connectivity index (χ2v) is 10.3. The fourth-order valence-corrected chi connectivity index (χ4v) is 6.91. The molecule has 0 radical (unpaired) electrons. The Balaban J connectivity index is 1.30. The summed E-state index contributed by atoms with van der Waals surface area (Å²) < 4.78 is 40.6. The lowest BCUT2D eigenvalue weighted by molar-refractivity contribution is 0.0710. The molecule has 1 aromatic rings. The number of halogens is 3. The van der Waals surface area contributed by atoms with Gasteiger partial charge in [-0.2, -0.15) is 0 Å². The van der Waals surface area contributed by atoms with Gasteiger partial charge >= 0.3 is 0 Å². The minimum absolute atomic E-state index is 0.186. The Morgan fingerprint density at radius 1 is 0.724 bits per heavy atom. The molecule has 162 valence electrons. The molecule has 0 saturated heterocycles. The molecule has 4 atom stereocenters. The maximum absolute atomic E-state index is 13.7. The molecule has 0 amide bonds. The smallest absolute Gasteiger partial charge is 0.194 e. The zero-order chi connectivity index (χ0) is 20.4. The van der Waals surface area contributed by atoms with Crippen LogP contribution in [-0.2, 0) is 0 Å². The van der Waals surface area contributed by atoms with Crippen molar-refractivity contribution >= 4 is 0 Å². The van der Waals surface area contributed by atoms with Gasteiger partial charge in [-0.25, -0.2) is 13.2 Å². The van der Waals surface area contributed by atoms with Crippen molar-refractivity contribution < 1.29 is 13.2 Å². The largest absolute Gasteiger partial charge is 0.204 e. The van der Waals surface area contributed by atoms with Crippen molar-refractivity contribution in [1.82, 2.24) is 0 Å². The van der Waals surface area contributed by atoms with Crippen LogP contribution in [-0.4, -0.2) is 0 Å². The zero-order valence-corrected chi connectivity index (χ0v) is 17.9. The topological polar surface area (TPSA) is 0 Å². The fourth-order valence-electron chi connectivity index (χ4n) is 6.91. The number of unbranched alkanes of at least 4 members (excludes halogenated alkanes) is 1. The molecule has 4 unspecified atom stereocenters. The van der Waals surface area contributed by atoms with Crippen molar-refractivity contribution in [3.8, 4) is 0 Å². The van der Waals surface area contributed by atoms with E-state index in [0.717, 1.165) is 42.9 Å². The number of hydrogen-bond acceptors (Lipinski definition) is 0. The minimum Gasteiger partial charge on any atom is -0.204 e. The van der Waals surface area contributed by atoms with Crippen molar-refractivity contribution in [2.45, 2.75) is 96.3 Å². The van der Waals surface area contributed by atoms with E-state index in [4.69, 9.17) is 0 Å². The van der Waals surface area contributed by atoms with E-state index in [2.05, 4.69) is 6.92 Å². The molecule has 1 aromatic carbocycles. The molecular weight excluding hydrogens is 369 g/mol. The zero-order valence-electron chi connectivity index (χ0n) is 17.9. The van der Waals surface area contributed by atoms with E-state index in [1.807, 2.05) is 0 Å². The highest BCUT2D eigenvalue weighted by Gasteiger charge is 2.39. The lowest BCUT2D eigenvalue weighted by Crippen LogP contribution is -2.34. The Hall–Kier alpha value is -0.990. The van der Waals surface area contributed by atoms with Crippen LogP contribution in [0.15, 0.2) is 12.1 Å². The van der Waals surface area contributed by atoms with Crippen molar-refractivity contribution in [3.05, 3.63) is 35.1 Å². The summed E-state index contributed by atoms with van der Waals surface area (Å²) in [5.74, 6) is 1.06. The van der Waals surface area contributed by atoms with E-state index in [1.165, 1.54) is 76.3 Å². The average molecular weight is 407 g/mol. The fraction of sp³-hybridized carbons (Fsp3) is 0.769. The molecule has 0 spiro atoms. The van der Waals surface area contributed by atoms with Gasteiger partial charge in [-0.05, 0) is 105 Å². The van der Waals surface area contributed by atoms with Crippen LogP contribution in [0.5, 0.6) is 0 Å². The van der Waals surface area contributed by atoms with E-state index in [-0.39, 0.29) is 5.92 Å². The Labute approximate surface area is 174 Å². The number of fused-ring (bicyclic) bond motifs is 1. The maximum atomic E-state index is 13.7. The lowest BCUT2D eigenvalue weighted by Gasteiger charge is -2.45. The quantitative estimate of drug-likeness (QED) is 0.431. The molecule has 29 heavy (non-hydrogen) atoms. The van der Waals surface area contributed by atoms with Crippen LogP contribution >= 0.6 is 0 Å². The molecule has 0 nitrogen and oxygen atoms in total. The van der Waals surface area contributed by atoms with Crippen LogP contribution in [0.25, 0.3) is 0 Å². The van der Waals surface area contributed by atoms with Crippen LogP contribution in [0, 0.1) is 47.0 Å². The molecule has 3 aliphatic rings. The van der Waals surface area contributed by atoms with Gasteiger partial charge in [-0.1, -0.05) is 39.0 Å². The molecule has 0 bridgehead atoms. The highest BCUT2D eigenvalue weighted by molar-refractivity contribution is 5.24. The first-order chi connectivity index (χ1) is 14.0. The van der Waals surface area contributed by atoms with E-state index < -0.39 is 17.5 Å². The molecule has 3 heteroatoms. The third-order valence-corrected chi connectivity index (χ3v) is 8.66. The summed E-state index contributed by atoms with van der Waals surface area (Å²) in [5.41, 5.74) is 0.660. The van der Waals surface area contributed by atoms with Crippen LogP contribution < -0.4 is 0 Å². The SMILES string of the molecule is CCCCC1CCC(C2CCC3CC(c4cc(F)c(F)c(F)c4)CCC3C2)CC1. The molecule has 0 aliphatic heterocycles. The monoisotopic (exact) mass is 406 g/mol. The third kappa shape index (κ3) is 4.85. The van der Waals surface area contributed by atoms with E-state index >= 15 is 0 Å². The van der Waals surface area contributed by atoms with E-state index in [9.17, 15) is 13.2 Å². The van der Waals surface area contributed by atoms with Crippen molar-refractivity contribution in [1.29, 1.82) is 0 Å². The lowest BCUT2D eigenvalue weighted by atomic mass is 9.60. The summed E-state index contributed by atoms with van der Waals surface area (Å²) in [6, 6.07) is 2.46. The second kappa shape index (κ2) is 9.43. The molecule has 0 aromatic heterocycles. The van der Waals surface area contributed by atoms with Crippen molar-refractivity contribution in [2.75, 3.05) is 0 Å². The molecule has 3 fully saturated rings. The van der Waals surface area contributed by atoms with Gasteiger partial charge in [0, 0.05) is 0 Å². The molecule has 3 saturated carbocycles. The van der Waals surface area contributed by atoms with Crippen molar-refractivity contribution in [3.63, 3.8) is 0 Å². The predicted octanol–water partition coefficient (Wildman–Crippen LogP) is 8.40. The van der Waals surface area contributed by atoms with E-state index in [1.54, 1.807) is 0 Å². The second-order valence-electron chi connectivity index (χ2n) is 10.3. The third-order valence-electron chi connectivity index (χ3n) is 8.66. The molecular formula is C26H37F3. The normalized spacial score (nSPS) is 35.3. The van der Waals surface area contributed by atoms with Crippen LogP contribution in [0.3, 0.4) is 0 Å². The Bertz CT molecular complexity index is 654. The first kappa shape index (κ1) is 21.2. The summed E-state index contributed by atoms with van der Waals surface area (Å²) in [4.78, 5) is 0. The first-order valence-electron chi connectivity index (χ1n) is 12.2. The Morgan fingerprint density at radius 3 is 1.93 bits per heavy atom. The Kier molecular flexibility index (Phi) is 6.91. The standard InChI is InChI=1S/C26H37F3/c1-2-3-4-17-5-7-18(8-6-17)19-9-10-21-14-22(12-11-20(21)13-19)23-15-24(27)26(29)25(28)16-23/h15-22H,2-14H2,1H3. The van der Waals surface area contributed by atoms with Crippen LogP contribution in [0.1, 0.15) is 102 Å². The Morgan fingerprint density at radius 2 is 1.28 bits per heavy atom. The molecule has 0 heterocycles. The summed E-state index contributed by atoms with van der Waals surface area (Å²) in [5, 5.41) is 0. The minimum atomic E-state index is -1.34. The summed E-state index contributed by atoms with van der Waals surface area (Å²) in [6.07, 6.45) is 17.1. The predicted molar refractivity (Wildman–Crippen MR) is 112 cm³/mol. The van der Waals surface area contributed by atoms with E-state index in [0.29, 0.717) is 11.5 Å². The summed E-state index contributed by atoms with van der Waals surface area (Å²) >= 11 is 0. The van der Waals surface area contributed by atoms with Gasteiger partial charge < -0.3 is 0 Å². The molecule has 4 rings (SSSR count). The summed E-state index contributed by atoms with van der Waals surface area (Å²) in [7, 11) is 0. The number of hydrogen-bond donors (Lipinski definition) is 0. The van der Waals surface area contributed by atoms with Crippen LogP contribution in [0.4, 0.5) is 13.2 Å².